The lowest BCUT2D eigenvalue weighted by Gasteiger charge is -2.16. The molecule has 2 N–H and O–H groups in total. The maximum atomic E-state index is 6.37. The van der Waals surface area contributed by atoms with Gasteiger partial charge in [0.2, 0.25) is 0 Å². The summed E-state index contributed by atoms with van der Waals surface area (Å²) in [6.45, 7) is 0. The van der Waals surface area contributed by atoms with E-state index in [0.717, 1.165) is 22.4 Å². The molecule has 1 heterocycles. The Hall–Kier alpha value is -1.26. The Kier molecular flexibility index (Phi) is 4.43. The van der Waals surface area contributed by atoms with Crippen LogP contribution in [0.5, 0.6) is 0 Å². The fourth-order valence-electron chi connectivity index (χ4n) is 2.76. The van der Waals surface area contributed by atoms with Gasteiger partial charge in [-0.15, -0.1) is 0 Å². The van der Waals surface area contributed by atoms with Crippen molar-refractivity contribution in [3.63, 3.8) is 0 Å². The summed E-state index contributed by atoms with van der Waals surface area (Å²) in [6, 6.07) is 12.3. The summed E-state index contributed by atoms with van der Waals surface area (Å²) in [4.78, 5) is 0. The number of rotatable bonds is 5. The molecule has 1 aromatic carbocycles. The van der Waals surface area contributed by atoms with Gasteiger partial charge in [-0.05, 0) is 31.0 Å². The van der Waals surface area contributed by atoms with E-state index in [9.17, 15) is 0 Å². The molecule has 2 aromatic rings. The summed E-state index contributed by atoms with van der Waals surface area (Å²) in [6.07, 6.45) is 7.32. The molecule has 1 aliphatic carbocycles. The summed E-state index contributed by atoms with van der Waals surface area (Å²) >= 11 is 2.03. The molecule has 0 bridgehead atoms. The van der Waals surface area contributed by atoms with Crippen molar-refractivity contribution in [2.45, 2.75) is 37.0 Å². The van der Waals surface area contributed by atoms with E-state index in [1.54, 1.807) is 0 Å². The lowest BCUT2D eigenvalue weighted by Crippen LogP contribution is -2.18. The second-order valence-electron chi connectivity index (χ2n) is 5.35. The number of benzene rings is 1. The van der Waals surface area contributed by atoms with E-state index in [1.165, 1.54) is 25.7 Å². The Morgan fingerprint density at radius 3 is 2.70 bits per heavy atom. The highest BCUT2D eigenvalue weighted by molar-refractivity contribution is 7.99. The van der Waals surface area contributed by atoms with Crippen molar-refractivity contribution >= 4 is 11.8 Å². The molecule has 1 aromatic heterocycles. The molecule has 1 atom stereocenters. The van der Waals surface area contributed by atoms with Gasteiger partial charge in [0.1, 0.15) is 0 Å². The molecule has 0 saturated heterocycles. The van der Waals surface area contributed by atoms with E-state index in [1.807, 2.05) is 46.9 Å². The maximum Gasteiger partial charge on any atom is 0.0649 e. The molecule has 20 heavy (non-hydrogen) atoms. The number of para-hydroxylation sites is 1. The summed E-state index contributed by atoms with van der Waals surface area (Å²) in [5.41, 5.74) is 8.55. The Labute approximate surface area is 124 Å². The first-order valence-electron chi connectivity index (χ1n) is 7.31. The van der Waals surface area contributed by atoms with Crippen LogP contribution in [0.4, 0.5) is 0 Å². The second-order valence-corrected chi connectivity index (χ2v) is 6.68. The maximum absolute atomic E-state index is 6.37. The van der Waals surface area contributed by atoms with Gasteiger partial charge in [0.25, 0.3) is 0 Å². The van der Waals surface area contributed by atoms with Crippen molar-refractivity contribution < 1.29 is 0 Å². The predicted octanol–water partition coefficient (Wildman–Crippen LogP) is 3.55. The number of nitrogens with zero attached hydrogens (tertiary/aromatic N) is 2. The first-order chi connectivity index (χ1) is 9.84. The Balaban J connectivity index is 1.69. The zero-order valence-electron chi connectivity index (χ0n) is 11.6. The van der Waals surface area contributed by atoms with Gasteiger partial charge in [-0.3, -0.25) is 0 Å². The number of aromatic nitrogens is 2. The van der Waals surface area contributed by atoms with Crippen LogP contribution in [0.15, 0.2) is 42.6 Å². The molecule has 106 valence electrons. The van der Waals surface area contributed by atoms with E-state index in [2.05, 4.69) is 17.2 Å². The minimum atomic E-state index is 0.0447. The van der Waals surface area contributed by atoms with Crippen molar-refractivity contribution in [2.24, 2.45) is 5.73 Å². The van der Waals surface area contributed by atoms with Crippen LogP contribution in [0.25, 0.3) is 5.69 Å². The smallest absolute Gasteiger partial charge is 0.0649 e. The SMILES string of the molecule is NC(CSC1CCCC1)c1ccnn1-c1ccccc1. The molecule has 0 spiro atoms. The monoisotopic (exact) mass is 287 g/mol. The van der Waals surface area contributed by atoms with E-state index in [4.69, 9.17) is 5.73 Å². The van der Waals surface area contributed by atoms with Gasteiger partial charge in [-0.2, -0.15) is 16.9 Å². The molecular weight excluding hydrogens is 266 g/mol. The highest BCUT2D eigenvalue weighted by Gasteiger charge is 2.19. The first-order valence-corrected chi connectivity index (χ1v) is 8.36. The van der Waals surface area contributed by atoms with Crippen molar-refractivity contribution in [3.8, 4) is 5.69 Å². The van der Waals surface area contributed by atoms with Crippen LogP contribution in [0.3, 0.4) is 0 Å². The second kappa shape index (κ2) is 6.46. The van der Waals surface area contributed by atoms with Gasteiger partial charge in [0.15, 0.2) is 0 Å². The summed E-state index contributed by atoms with van der Waals surface area (Å²) in [5, 5.41) is 5.23. The lowest BCUT2D eigenvalue weighted by molar-refractivity contribution is 0.716. The normalized spacial score (nSPS) is 17.4. The topological polar surface area (TPSA) is 43.8 Å². The highest BCUT2D eigenvalue weighted by Crippen LogP contribution is 2.31. The van der Waals surface area contributed by atoms with Crippen LogP contribution in [-0.2, 0) is 0 Å². The average molecular weight is 287 g/mol. The number of hydrogen-bond donors (Lipinski definition) is 1. The Morgan fingerprint density at radius 1 is 1.20 bits per heavy atom. The third-order valence-corrected chi connectivity index (χ3v) is 5.36. The predicted molar refractivity (Wildman–Crippen MR) is 85.2 cm³/mol. The van der Waals surface area contributed by atoms with Crippen molar-refractivity contribution in [1.82, 2.24) is 9.78 Å². The van der Waals surface area contributed by atoms with Crippen LogP contribution in [0, 0.1) is 0 Å². The highest BCUT2D eigenvalue weighted by atomic mass is 32.2. The van der Waals surface area contributed by atoms with Gasteiger partial charge < -0.3 is 5.73 Å². The van der Waals surface area contributed by atoms with Gasteiger partial charge in [-0.25, -0.2) is 4.68 Å². The molecule has 1 saturated carbocycles. The van der Waals surface area contributed by atoms with Crippen molar-refractivity contribution in [1.29, 1.82) is 0 Å². The molecule has 0 radical (unpaired) electrons. The summed E-state index contributed by atoms with van der Waals surface area (Å²) in [7, 11) is 0. The van der Waals surface area contributed by atoms with Crippen LogP contribution in [-0.4, -0.2) is 20.8 Å². The van der Waals surface area contributed by atoms with Crippen LogP contribution < -0.4 is 5.73 Å². The van der Waals surface area contributed by atoms with E-state index >= 15 is 0 Å². The van der Waals surface area contributed by atoms with Gasteiger partial charge in [0, 0.05) is 17.2 Å². The fraction of sp³-hybridized carbons (Fsp3) is 0.438. The Morgan fingerprint density at radius 2 is 1.95 bits per heavy atom. The molecule has 4 heteroatoms. The first kappa shape index (κ1) is 13.7. The molecule has 3 nitrogen and oxygen atoms in total. The third-order valence-electron chi connectivity index (χ3n) is 3.87. The minimum absolute atomic E-state index is 0.0447. The molecule has 3 rings (SSSR count). The van der Waals surface area contributed by atoms with Crippen LogP contribution in [0.1, 0.15) is 37.4 Å². The molecule has 1 fully saturated rings. The lowest BCUT2D eigenvalue weighted by atomic mass is 10.2. The standard InChI is InChI=1S/C16H21N3S/c17-15(12-20-14-8-4-5-9-14)16-10-11-18-19(16)13-6-2-1-3-7-13/h1-3,6-7,10-11,14-15H,4-5,8-9,12,17H2. The molecule has 0 aliphatic heterocycles. The zero-order valence-corrected chi connectivity index (χ0v) is 12.4. The van der Waals surface area contributed by atoms with Crippen LogP contribution in [0.2, 0.25) is 0 Å². The van der Waals surface area contributed by atoms with E-state index in [0.29, 0.717) is 0 Å². The number of hydrogen-bond acceptors (Lipinski definition) is 3. The quantitative estimate of drug-likeness (QED) is 0.914. The van der Waals surface area contributed by atoms with Gasteiger partial charge in [0.05, 0.1) is 17.4 Å². The third kappa shape index (κ3) is 3.07. The van der Waals surface area contributed by atoms with E-state index < -0.39 is 0 Å². The summed E-state index contributed by atoms with van der Waals surface area (Å²) in [5.74, 6) is 0.975. The molecule has 1 aliphatic rings. The number of nitrogens with two attached hydrogens (primary N) is 1. The minimum Gasteiger partial charge on any atom is -0.322 e. The van der Waals surface area contributed by atoms with Gasteiger partial charge >= 0.3 is 0 Å². The number of thioether (sulfide) groups is 1. The molecule has 1 unspecified atom stereocenters. The van der Waals surface area contributed by atoms with E-state index in [-0.39, 0.29) is 6.04 Å². The van der Waals surface area contributed by atoms with Crippen molar-refractivity contribution in [3.05, 3.63) is 48.3 Å². The molecule has 0 amide bonds. The average Bonchev–Trinajstić information content (AvgIpc) is 3.17. The van der Waals surface area contributed by atoms with Crippen molar-refractivity contribution in [2.75, 3.05) is 5.75 Å². The largest absolute Gasteiger partial charge is 0.322 e. The molecular formula is C16H21N3S. The van der Waals surface area contributed by atoms with Crippen LogP contribution >= 0.6 is 11.8 Å². The van der Waals surface area contributed by atoms with Gasteiger partial charge in [-0.1, -0.05) is 31.0 Å². The fourth-order valence-corrected chi connectivity index (χ4v) is 4.08. The Bertz CT molecular complexity index is 532. The zero-order chi connectivity index (χ0) is 13.8. The summed E-state index contributed by atoms with van der Waals surface area (Å²) < 4.78 is 1.96.